The van der Waals surface area contributed by atoms with Crippen molar-refractivity contribution in [1.29, 1.82) is 0 Å². The molecule has 0 radical (unpaired) electrons. The maximum absolute atomic E-state index is 13.9. The van der Waals surface area contributed by atoms with Crippen molar-refractivity contribution in [3.8, 4) is 0 Å². The second kappa shape index (κ2) is 9.32. The van der Waals surface area contributed by atoms with E-state index in [0.717, 1.165) is 30.7 Å². The molecule has 0 saturated carbocycles. The number of hydrogen-bond acceptors (Lipinski definition) is 4. The first kappa shape index (κ1) is 18.3. The third-order valence-corrected chi connectivity index (χ3v) is 4.36. The Morgan fingerprint density at radius 2 is 2.00 bits per heavy atom. The van der Waals surface area contributed by atoms with E-state index in [1.165, 1.54) is 6.07 Å². The fourth-order valence-corrected chi connectivity index (χ4v) is 2.88. The van der Waals surface area contributed by atoms with Gasteiger partial charge in [-0.1, -0.05) is 22.0 Å². The Morgan fingerprint density at radius 3 is 2.65 bits per heavy atom. The van der Waals surface area contributed by atoms with E-state index in [0.29, 0.717) is 31.8 Å². The number of nitrogens with one attached hydrogen (secondary N) is 1. The highest BCUT2D eigenvalue weighted by atomic mass is 79.9. The van der Waals surface area contributed by atoms with Crippen LogP contribution in [0, 0.1) is 5.82 Å². The topological polar surface area (TPSA) is 44.8 Å². The largest absolute Gasteiger partial charge is 0.383 e. The van der Waals surface area contributed by atoms with Crippen molar-refractivity contribution < 1.29 is 13.9 Å². The Kier molecular flexibility index (Phi) is 7.42. The molecule has 1 aromatic carbocycles. The number of carbonyl (C=O) groups excluding carboxylic acids is 1. The lowest BCUT2D eigenvalue weighted by atomic mass is 10.2. The Morgan fingerprint density at radius 1 is 1.30 bits per heavy atom. The van der Waals surface area contributed by atoms with Gasteiger partial charge in [0.05, 0.1) is 13.2 Å². The normalized spacial score (nSPS) is 16.5. The molecule has 1 N–H and O–H groups in total. The summed E-state index contributed by atoms with van der Waals surface area (Å²) in [5.41, 5.74) is 0.707. The lowest BCUT2D eigenvalue weighted by Crippen LogP contribution is -2.49. The van der Waals surface area contributed by atoms with Crippen LogP contribution in [-0.2, 0) is 16.1 Å². The molecule has 128 valence electrons. The predicted molar refractivity (Wildman–Crippen MR) is 90.7 cm³/mol. The summed E-state index contributed by atoms with van der Waals surface area (Å²) < 4.78 is 19.5. The molecule has 0 atom stereocenters. The van der Waals surface area contributed by atoms with Crippen LogP contribution >= 0.6 is 15.9 Å². The fraction of sp³-hybridized carbons (Fsp3) is 0.562. The average Bonchev–Trinajstić information content (AvgIpc) is 2.52. The molecule has 7 heteroatoms. The van der Waals surface area contributed by atoms with Crippen LogP contribution in [0.15, 0.2) is 22.7 Å². The summed E-state index contributed by atoms with van der Waals surface area (Å²) in [7, 11) is 1.61. The van der Waals surface area contributed by atoms with Gasteiger partial charge >= 0.3 is 0 Å². The van der Waals surface area contributed by atoms with E-state index >= 15 is 0 Å². The van der Waals surface area contributed by atoms with Crippen LogP contribution in [0.5, 0.6) is 0 Å². The predicted octanol–water partition coefficient (Wildman–Crippen LogP) is 1.47. The van der Waals surface area contributed by atoms with Gasteiger partial charge in [-0.15, -0.1) is 0 Å². The summed E-state index contributed by atoms with van der Waals surface area (Å²) in [6, 6.07) is 5.17. The molecule has 0 aromatic heterocycles. The molecule has 1 saturated heterocycles. The third-order valence-electron chi connectivity index (χ3n) is 3.87. The number of halogens is 2. The molecule has 1 aliphatic heterocycles. The molecule has 1 aromatic rings. The summed E-state index contributed by atoms with van der Waals surface area (Å²) in [5, 5.41) is 2.82. The number of ether oxygens (including phenoxy) is 1. The maximum atomic E-state index is 13.9. The van der Waals surface area contributed by atoms with E-state index in [4.69, 9.17) is 4.74 Å². The third kappa shape index (κ3) is 6.18. The summed E-state index contributed by atoms with van der Waals surface area (Å²) in [6.45, 7) is 5.38. The van der Waals surface area contributed by atoms with Crippen LogP contribution in [-0.4, -0.2) is 68.7 Å². The monoisotopic (exact) mass is 387 g/mol. The number of nitrogens with zero attached hydrogens (tertiary/aromatic N) is 2. The Bertz CT molecular complexity index is 522. The number of benzene rings is 1. The van der Waals surface area contributed by atoms with Crippen molar-refractivity contribution in [2.24, 2.45) is 0 Å². The SMILES string of the molecule is COCCNC(=O)CN1CCN(Cc2ccc(Br)cc2F)CC1. The van der Waals surface area contributed by atoms with Gasteiger partial charge in [-0.2, -0.15) is 0 Å². The molecule has 1 amide bonds. The minimum Gasteiger partial charge on any atom is -0.383 e. The molecule has 2 rings (SSSR count). The molecule has 1 heterocycles. The number of rotatable bonds is 7. The molecule has 0 spiro atoms. The number of piperazine rings is 1. The van der Waals surface area contributed by atoms with Gasteiger partial charge in [-0.3, -0.25) is 14.6 Å². The summed E-state index contributed by atoms with van der Waals surface area (Å²) >= 11 is 3.27. The van der Waals surface area contributed by atoms with Crippen molar-refractivity contribution in [3.63, 3.8) is 0 Å². The second-order valence-corrected chi connectivity index (χ2v) is 6.55. The fourth-order valence-electron chi connectivity index (χ4n) is 2.55. The zero-order valence-electron chi connectivity index (χ0n) is 13.4. The van der Waals surface area contributed by atoms with Gasteiger partial charge < -0.3 is 10.1 Å². The highest BCUT2D eigenvalue weighted by Crippen LogP contribution is 2.17. The van der Waals surface area contributed by atoms with Crippen molar-refractivity contribution >= 4 is 21.8 Å². The molecule has 0 unspecified atom stereocenters. The molecule has 5 nitrogen and oxygen atoms in total. The van der Waals surface area contributed by atoms with Crippen LogP contribution in [0.1, 0.15) is 5.56 Å². The molecular formula is C16H23BrFN3O2. The summed E-state index contributed by atoms with van der Waals surface area (Å²) in [6.07, 6.45) is 0. The van der Waals surface area contributed by atoms with Crippen molar-refractivity contribution in [3.05, 3.63) is 34.1 Å². The minimum atomic E-state index is -0.181. The molecular weight excluding hydrogens is 365 g/mol. The summed E-state index contributed by atoms with van der Waals surface area (Å²) in [4.78, 5) is 16.1. The van der Waals surface area contributed by atoms with Gasteiger partial charge in [-0.05, 0) is 12.1 Å². The van der Waals surface area contributed by atoms with Crippen LogP contribution in [0.4, 0.5) is 4.39 Å². The van der Waals surface area contributed by atoms with Gasteiger partial charge in [0.15, 0.2) is 0 Å². The van der Waals surface area contributed by atoms with Crippen molar-refractivity contribution in [2.75, 3.05) is 53.0 Å². The van der Waals surface area contributed by atoms with Gasteiger partial charge in [0.1, 0.15) is 5.82 Å². The summed E-state index contributed by atoms with van der Waals surface area (Å²) in [5.74, 6) is -0.159. The quantitative estimate of drug-likeness (QED) is 0.719. The lowest BCUT2D eigenvalue weighted by molar-refractivity contribution is -0.122. The van der Waals surface area contributed by atoms with Crippen LogP contribution < -0.4 is 5.32 Å². The first-order chi connectivity index (χ1) is 11.1. The number of methoxy groups -OCH3 is 1. The molecule has 0 aliphatic carbocycles. The Labute approximate surface area is 144 Å². The van der Waals surface area contributed by atoms with E-state index in [1.807, 2.05) is 12.1 Å². The highest BCUT2D eigenvalue weighted by Gasteiger charge is 2.19. The number of carbonyl (C=O) groups is 1. The van der Waals surface area contributed by atoms with Gasteiger partial charge in [0.2, 0.25) is 5.91 Å². The highest BCUT2D eigenvalue weighted by molar-refractivity contribution is 9.10. The Hall–Kier alpha value is -1.02. The van der Waals surface area contributed by atoms with Gasteiger partial charge in [0, 0.05) is 56.4 Å². The van der Waals surface area contributed by atoms with E-state index in [9.17, 15) is 9.18 Å². The van der Waals surface area contributed by atoms with Crippen LogP contribution in [0.3, 0.4) is 0 Å². The molecule has 0 bridgehead atoms. The van der Waals surface area contributed by atoms with Gasteiger partial charge in [0.25, 0.3) is 0 Å². The lowest BCUT2D eigenvalue weighted by Gasteiger charge is -2.34. The van der Waals surface area contributed by atoms with E-state index in [1.54, 1.807) is 7.11 Å². The standard InChI is InChI=1S/C16H23BrFN3O2/c1-23-9-4-19-16(22)12-21-7-5-20(6-8-21)11-13-2-3-14(17)10-15(13)18/h2-3,10H,4-9,11-12H2,1H3,(H,19,22). The van der Waals surface area contributed by atoms with E-state index in [-0.39, 0.29) is 11.7 Å². The second-order valence-electron chi connectivity index (χ2n) is 5.63. The molecule has 1 fully saturated rings. The maximum Gasteiger partial charge on any atom is 0.234 e. The van der Waals surface area contributed by atoms with Gasteiger partial charge in [-0.25, -0.2) is 4.39 Å². The zero-order chi connectivity index (χ0) is 16.7. The minimum absolute atomic E-state index is 0.0226. The number of amides is 1. The first-order valence-corrected chi connectivity index (χ1v) is 8.52. The smallest absolute Gasteiger partial charge is 0.234 e. The molecule has 1 aliphatic rings. The van der Waals surface area contributed by atoms with Crippen molar-refractivity contribution in [2.45, 2.75) is 6.54 Å². The molecule has 23 heavy (non-hydrogen) atoms. The van der Waals surface area contributed by atoms with Crippen molar-refractivity contribution in [1.82, 2.24) is 15.1 Å². The van der Waals surface area contributed by atoms with E-state index in [2.05, 4.69) is 31.0 Å². The average molecular weight is 388 g/mol. The van der Waals surface area contributed by atoms with Crippen LogP contribution in [0.2, 0.25) is 0 Å². The van der Waals surface area contributed by atoms with E-state index < -0.39 is 0 Å². The number of hydrogen-bond donors (Lipinski definition) is 1. The zero-order valence-corrected chi connectivity index (χ0v) is 14.9. The Balaban J connectivity index is 1.72. The first-order valence-electron chi connectivity index (χ1n) is 7.73. The van der Waals surface area contributed by atoms with Crippen LogP contribution in [0.25, 0.3) is 0 Å².